The van der Waals surface area contributed by atoms with Crippen LogP contribution < -0.4 is 9.47 Å². The highest BCUT2D eigenvalue weighted by Crippen LogP contribution is 2.43. The SMILES string of the molecule is CCCC(O)(c1nc2ccc(OC(F)(F)F)c(C)c2s1)c1cnccc1OCC. The van der Waals surface area contributed by atoms with Crippen LogP contribution in [0.5, 0.6) is 11.5 Å². The van der Waals surface area contributed by atoms with E-state index < -0.39 is 12.0 Å². The molecule has 0 aliphatic heterocycles. The Morgan fingerprint density at radius 1 is 1.14 bits per heavy atom. The first kappa shape index (κ1) is 21.3. The molecule has 1 N–H and O–H groups in total. The van der Waals surface area contributed by atoms with Crippen molar-refractivity contribution >= 4 is 21.6 Å². The fraction of sp³-hybridized carbons (Fsp3) is 0.400. The summed E-state index contributed by atoms with van der Waals surface area (Å²) in [4.78, 5) is 8.65. The van der Waals surface area contributed by atoms with Crippen LogP contribution in [0.1, 0.15) is 42.8 Å². The molecular formula is C20H21F3N2O3S. The van der Waals surface area contributed by atoms with Gasteiger partial charge in [0.25, 0.3) is 0 Å². The summed E-state index contributed by atoms with van der Waals surface area (Å²) in [6.07, 6.45) is -0.670. The Bertz CT molecular complexity index is 1010. The van der Waals surface area contributed by atoms with Crippen molar-refractivity contribution in [2.45, 2.75) is 45.6 Å². The fourth-order valence-corrected chi connectivity index (χ4v) is 4.40. The molecule has 0 amide bonds. The fourth-order valence-electron chi connectivity index (χ4n) is 3.21. The van der Waals surface area contributed by atoms with Gasteiger partial charge < -0.3 is 14.6 Å². The van der Waals surface area contributed by atoms with E-state index in [9.17, 15) is 18.3 Å². The number of aliphatic hydroxyl groups is 1. The van der Waals surface area contributed by atoms with Crippen LogP contribution in [-0.2, 0) is 5.60 Å². The molecule has 2 heterocycles. The second-order valence-corrected chi connectivity index (χ2v) is 7.52. The molecule has 3 aromatic rings. The van der Waals surface area contributed by atoms with Crippen molar-refractivity contribution in [1.29, 1.82) is 0 Å². The van der Waals surface area contributed by atoms with E-state index >= 15 is 0 Å². The number of benzene rings is 1. The maximum absolute atomic E-state index is 12.7. The molecule has 1 aromatic carbocycles. The van der Waals surface area contributed by atoms with Gasteiger partial charge in [0, 0.05) is 18.0 Å². The number of ether oxygens (including phenoxy) is 2. The molecule has 0 spiro atoms. The lowest BCUT2D eigenvalue weighted by atomic mass is 9.90. The number of hydrogen-bond donors (Lipinski definition) is 1. The first-order valence-corrected chi connectivity index (χ1v) is 9.97. The molecule has 0 bridgehead atoms. The van der Waals surface area contributed by atoms with Crippen LogP contribution in [0.2, 0.25) is 0 Å². The normalized spacial score (nSPS) is 14.0. The van der Waals surface area contributed by atoms with E-state index in [2.05, 4.69) is 14.7 Å². The van der Waals surface area contributed by atoms with Crippen molar-refractivity contribution in [3.05, 3.63) is 46.7 Å². The number of thiazole rings is 1. The van der Waals surface area contributed by atoms with E-state index in [0.717, 1.165) is 11.3 Å². The second-order valence-electron chi connectivity index (χ2n) is 6.52. The predicted molar refractivity (Wildman–Crippen MR) is 104 cm³/mol. The Labute approximate surface area is 170 Å². The number of aryl methyl sites for hydroxylation is 1. The number of nitrogens with zero attached hydrogens (tertiary/aromatic N) is 2. The Morgan fingerprint density at radius 2 is 1.90 bits per heavy atom. The molecule has 9 heteroatoms. The Kier molecular flexibility index (Phi) is 6.00. The average Bonchev–Trinajstić information content (AvgIpc) is 3.10. The van der Waals surface area contributed by atoms with E-state index in [1.165, 1.54) is 18.3 Å². The number of fused-ring (bicyclic) bond motifs is 1. The van der Waals surface area contributed by atoms with Crippen molar-refractivity contribution < 1.29 is 27.8 Å². The van der Waals surface area contributed by atoms with E-state index in [0.29, 0.717) is 51.5 Å². The molecule has 0 saturated carbocycles. The zero-order valence-electron chi connectivity index (χ0n) is 16.2. The van der Waals surface area contributed by atoms with E-state index in [1.807, 2.05) is 13.8 Å². The van der Waals surface area contributed by atoms with Gasteiger partial charge in [-0.25, -0.2) is 4.98 Å². The zero-order chi connectivity index (χ0) is 21.2. The maximum Gasteiger partial charge on any atom is 0.573 e. The lowest BCUT2D eigenvalue weighted by molar-refractivity contribution is -0.274. The van der Waals surface area contributed by atoms with Gasteiger partial charge in [0.2, 0.25) is 0 Å². The van der Waals surface area contributed by atoms with Gasteiger partial charge in [-0.15, -0.1) is 24.5 Å². The molecule has 5 nitrogen and oxygen atoms in total. The van der Waals surface area contributed by atoms with Gasteiger partial charge >= 0.3 is 6.36 Å². The molecular weight excluding hydrogens is 405 g/mol. The minimum atomic E-state index is -4.78. The van der Waals surface area contributed by atoms with Gasteiger partial charge in [-0.3, -0.25) is 4.98 Å². The van der Waals surface area contributed by atoms with Gasteiger partial charge in [-0.1, -0.05) is 13.3 Å². The lowest BCUT2D eigenvalue weighted by Gasteiger charge is -2.27. The summed E-state index contributed by atoms with van der Waals surface area (Å²) in [6.45, 7) is 5.72. The zero-order valence-corrected chi connectivity index (χ0v) is 17.0. The quantitative estimate of drug-likeness (QED) is 0.553. The number of aromatic nitrogens is 2. The van der Waals surface area contributed by atoms with Crippen molar-refractivity contribution in [3.8, 4) is 11.5 Å². The van der Waals surface area contributed by atoms with Crippen LogP contribution in [0.4, 0.5) is 13.2 Å². The number of pyridine rings is 1. The lowest BCUT2D eigenvalue weighted by Crippen LogP contribution is -2.28. The Balaban J connectivity index is 2.14. The molecule has 1 atom stereocenters. The molecule has 0 aliphatic carbocycles. The van der Waals surface area contributed by atoms with Crippen molar-refractivity contribution in [2.75, 3.05) is 6.61 Å². The highest BCUT2D eigenvalue weighted by Gasteiger charge is 2.38. The summed E-state index contributed by atoms with van der Waals surface area (Å²) in [7, 11) is 0. The Morgan fingerprint density at radius 3 is 2.55 bits per heavy atom. The van der Waals surface area contributed by atoms with Crippen LogP contribution in [0.15, 0.2) is 30.6 Å². The standard InChI is InChI=1S/C20H21F3N2O3S/c1-4-9-19(26,13-11-24-10-8-16(13)27-5-2)18-25-14-6-7-15(28-20(21,22)23)12(3)17(14)29-18/h6-8,10-11,26H,4-5,9H2,1-3H3. The number of rotatable bonds is 7. The molecule has 3 rings (SSSR count). The third-order valence-electron chi connectivity index (χ3n) is 4.47. The van der Waals surface area contributed by atoms with Crippen LogP contribution in [0.25, 0.3) is 10.2 Å². The van der Waals surface area contributed by atoms with Crippen LogP contribution in [0.3, 0.4) is 0 Å². The second kappa shape index (κ2) is 8.16. The predicted octanol–water partition coefficient (Wildman–Crippen LogP) is 5.33. The van der Waals surface area contributed by atoms with Crippen LogP contribution >= 0.6 is 11.3 Å². The first-order chi connectivity index (χ1) is 13.7. The minimum Gasteiger partial charge on any atom is -0.493 e. The van der Waals surface area contributed by atoms with Crippen molar-refractivity contribution in [3.63, 3.8) is 0 Å². The summed E-state index contributed by atoms with van der Waals surface area (Å²) in [5.41, 5.74) is -0.187. The van der Waals surface area contributed by atoms with E-state index in [1.54, 1.807) is 19.2 Å². The summed E-state index contributed by atoms with van der Waals surface area (Å²) >= 11 is 1.14. The summed E-state index contributed by atoms with van der Waals surface area (Å²) in [5.74, 6) is 0.214. The number of halogens is 3. The smallest absolute Gasteiger partial charge is 0.493 e. The van der Waals surface area contributed by atoms with Gasteiger partial charge in [0.15, 0.2) is 0 Å². The topological polar surface area (TPSA) is 64.5 Å². The maximum atomic E-state index is 12.7. The summed E-state index contributed by atoms with van der Waals surface area (Å²) in [6, 6.07) is 4.37. The third kappa shape index (κ3) is 4.30. The molecule has 156 valence electrons. The van der Waals surface area contributed by atoms with Gasteiger partial charge in [-0.2, -0.15) is 0 Å². The van der Waals surface area contributed by atoms with Gasteiger partial charge in [-0.05, 0) is 38.5 Å². The van der Waals surface area contributed by atoms with Crippen LogP contribution in [0, 0.1) is 6.92 Å². The third-order valence-corrected chi connectivity index (χ3v) is 5.82. The van der Waals surface area contributed by atoms with Crippen LogP contribution in [-0.4, -0.2) is 28.0 Å². The van der Waals surface area contributed by atoms with Crippen molar-refractivity contribution in [2.24, 2.45) is 0 Å². The monoisotopic (exact) mass is 426 g/mol. The van der Waals surface area contributed by atoms with Gasteiger partial charge in [0.1, 0.15) is 22.1 Å². The molecule has 1 unspecified atom stereocenters. The Hall–Kier alpha value is -2.39. The molecule has 0 radical (unpaired) electrons. The molecule has 29 heavy (non-hydrogen) atoms. The summed E-state index contributed by atoms with van der Waals surface area (Å²) < 4.78 is 48.3. The molecule has 0 aliphatic rings. The molecule has 0 saturated heterocycles. The first-order valence-electron chi connectivity index (χ1n) is 9.15. The number of alkyl halides is 3. The molecule has 2 aromatic heterocycles. The number of hydrogen-bond acceptors (Lipinski definition) is 6. The molecule has 0 fully saturated rings. The summed E-state index contributed by atoms with van der Waals surface area (Å²) in [5, 5.41) is 12.0. The highest BCUT2D eigenvalue weighted by molar-refractivity contribution is 7.19. The van der Waals surface area contributed by atoms with Crippen molar-refractivity contribution in [1.82, 2.24) is 9.97 Å². The van der Waals surface area contributed by atoms with E-state index in [-0.39, 0.29) is 5.75 Å². The largest absolute Gasteiger partial charge is 0.573 e. The minimum absolute atomic E-state index is 0.282. The van der Waals surface area contributed by atoms with Gasteiger partial charge in [0.05, 0.1) is 22.4 Å². The highest BCUT2D eigenvalue weighted by atomic mass is 32.1. The van der Waals surface area contributed by atoms with E-state index in [4.69, 9.17) is 4.74 Å². The average molecular weight is 426 g/mol.